The third-order valence-corrected chi connectivity index (χ3v) is 5.19. The van der Waals surface area contributed by atoms with Crippen molar-refractivity contribution in [3.63, 3.8) is 0 Å². The van der Waals surface area contributed by atoms with Crippen molar-refractivity contribution in [1.29, 1.82) is 0 Å². The molecule has 4 aromatic rings. The van der Waals surface area contributed by atoms with E-state index in [1.807, 2.05) is 44.2 Å². The molecule has 0 saturated heterocycles. The van der Waals surface area contributed by atoms with Gasteiger partial charge in [-0.1, -0.05) is 36.4 Å². The smallest absolute Gasteiger partial charge is 0.196 e. The molecule has 5 nitrogen and oxygen atoms in total. The summed E-state index contributed by atoms with van der Waals surface area (Å²) in [6.45, 7) is 3.81. The largest absolute Gasteiger partial charge is 0.453 e. The summed E-state index contributed by atoms with van der Waals surface area (Å²) in [7, 11) is 0. The summed E-state index contributed by atoms with van der Waals surface area (Å²) in [5, 5.41) is 0. The van der Waals surface area contributed by atoms with Gasteiger partial charge in [0.1, 0.15) is 11.5 Å². The van der Waals surface area contributed by atoms with Crippen LogP contribution in [0, 0.1) is 13.8 Å². The lowest BCUT2D eigenvalue weighted by molar-refractivity contribution is 0.103. The van der Waals surface area contributed by atoms with Gasteiger partial charge in [-0.2, -0.15) is 0 Å². The fourth-order valence-electron chi connectivity index (χ4n) is 3.29. The van der Waals surface area contributed by atoms with Crippen LogP contribution in [0.15, 0.2) is 84.9 Å². The second-order valence-electron chi connectivity index (χ2n) is 7.57. The van der Waals surface area contributed by atoms with Gasteiger partial charge in [-0.25, -0.2) is 0 Å². The molecule has 0 saturated carbocycles. The highest BCUT2D eigenvalue weighted by atomic mass is 16.5. The molecule has 0 bridgehead atoms. The average Bonchev–Trinajstić information content (AvgIpc) is 2.80. The highest BCUT2D eigenvalue weighted by molar-refractivity contribution is 6.11. The van der Waals surface area contributed by atoms with Crippen molar-refractivity contribution in [3.05, 3.63) is 107 Å². The number of carbonyl (C=O) groups excluding carboxylic acids is 1. The quantitative estimate of drug-likeness (QED) is 0.281. The minimum atomic E-state index is -0.160. The monoisotopic (exact) mass is 424 g/mol. The SMILES string of the molecule is Cc1cc(Oc2cccc(C(=O)c3ccccc3)c2Oc2ccc(N)c(C)c2)ccc1N. The van der Waals surface area contributed by atoms with E-state index in [1.165, 1.54) is 0 Å². The number of nitrogens with two attached hydrogens (primary N) is 2. The highest BCUT2D eigenvalue weighted by Gasteiger charge is 2.20. The van der Waals surface area contributed by atoms with E-state index in [-0.39, 0.29) is 5.78 Å². The van der Waals surface area contributed by atoms with Gasteiger partial charge in [-0.15, -0.1) is 0 Å². The first-order valence-corrected chi connectivity index (χ1v) is 10.2. The molecule has 32 heavy (non-hydrogen) atoms. The first-order valence-electron chi connectivity index (χ1n) is 10.2. The van der Waals surface area contributed by atoms with E-state index in [0.29, 0.717) is 45.5 Å². The predicted molar refractivity (Wildman–Crippen MR) is 128 cm³/mol. The summed E-state index contributed by atoms with van der Waals surface area (Å²) in [5.41, 5.74) is 16.0. The van der Waals surface area contributed by atoms with Crippen LogP contribution in [-0.4, -0.2) is 5.78 Å². The molecular weight excluding hydrogens is 400 g/mol. The number of hydrogen-bond donors (Lipinski definition) is 2. The molecule has 0 heterocycles. The van der Waals surface area contributed by atoms with E-state index in [1.54, 1.807) is 54.6 Å². The molecule has 0 aliphatic carbocycles. The van der Waals surface area contributed by atoms with Crippen molar-refractivity contribution >= 4 is 17.2 Å². The van der Waals surface area contributed by atoms with E-state index in [2.05, 4.69) is 0 Å². The summed E-state index contributed by atoms with van der Waals surface area (Å²) in [4.78, 5) is 13.3. The number of ketones is 1. The first-order chi connectivity index (χ1) is 15.4. The van der Waals surface area contributed by atoms with Gasteiger partial charge in [-0.05, 0) is 73.5 Å². The summed E-state index contributed by atoms with van der Waals surface area (Å²) >= 11 is 0. The summed E-state index contributed by atoms with van der Waals surface area (Å²) in [5.74, 6) is 1.75. The number of anilines is 2. The van der Waals surface area contributed by atoms with Crippen molar-refractivity contribution in [3.8, 4) is 23.0 Å². The standard InChI is InChI=1S/C27H24N2O3/c1-17-15-20(11-13-23(17)28)31-25-10-6-9-22(26(30)19-7-4-3-5-8-19)27(25)32-21-12-14-24(29)18(2)16-21/h3-16H,28-29H2,1-2H3. The maximum absolute atomic E-state index is 13.3. The van der Waals surface area contributed by atoms with Gasteiger partial charge in [0.2, 0.25) is 0 Å². The van der Waals surface area contributed by atoms with Crippen LogP contribution in [0.25, 0.3) is 0 Å². The van der Waals surface area contributed by atoms with Crippen LogP contribution in [0.3, 0.4) is 0 Å². The number of ether oxygens (including phenoxy) is 2. The van der Waals surface area contributed by atoms with Crippen LogP contribution in [0.5, 0.6) is 23.0 Å². The van der Waals surface area contributed by atoms with E-state index < -0.39 is 0 Å². The second-order valence-corrected chi connectivity index (χ2v) is 7.57. The number of benzene rings is 4. The minimum Gasteiger partial charge on any atom is -0.453 e. The number of rotatable bonds is 6. The Morgan fingerprint density at radius 2 is 1.28 bits per heavy atom. The lowest BCUT2D eigenvalue weighted by Crippen LogP contribution is -2.05. The molecule has 4 rings (SSSR count). The van der Waals surface area contributed by atoms with Crippen molar-refractivity contribution in [2.24, 2.45) is 0 Å². The molecule has 0 spiro atoms. The Morgan fingerprint density at radius 3 is 1.88 bits per heavy atom. The number of carbonyl (C=O) groups is 1. The van der Waals surface area contributed by atoms with E-state index in [4.69, 9.17) is 20.9 Å². The molecule has 0 radical (unpaired) electrons. The zero-order chi connectivity index (χ0) is 22.7. The van der Waals surface area contributed by atoms with Gasteiger partial charge in [0.05, 0.1) is 5.56 Å². The van der Waals surface area contributed by atoms with Gasteiger partial charge in [0.25, 0.3) is 0 Å². The lowest BCUT2D eigenvalue weighted by Gasteiger charge is -2.17. The summed E-state index contributed by atoms with van der Waals surface area (Å²) in [6.07, 6.45) is 0. The Labute approximate surface area is 187 Å². The van der Waals surface area contributed by atoms with Crippen LogP contribution >= 0.6 is 0 Å². The Hall–Kier alpha value is -4.25. The minimum absolute atomic E-state index is 0.160. The molecule has 0 amide bonds. The molecule has 0 fully saturated rings. The Bertz CT molecular complexity index is 1280. The van der Waals surface area contributed by atoms with Crippen molar-refractivity contribution in [1.82, 2.24) is 0 Å². The molecule has 160 valence electrons. The van der Waals surface area contributed by atoms with Crippen LogP contribution in [0.2, 0.25) is 0 Å². The van der Waals surface area contributed by atoms with Crippen LogP contribution < -0.4 is 20.9 Å². The fraction of sp³-hybridized carbons (Fsp3) is 0.0741. The Balaban J connectivity index is 1.80. The van der Waals surface area contributed by atoms with Gasteiger partial charge in [-0.3, -0.25) is 4.79 Å². The first kappa shape index (κ1) is 21.0. The number of nitrogen functional groups attached to an aromatic ring is 2. The van der Waals surface area contributed by atoms with Crippen LogP contribution in [0.4, 0.5) is 11.4 Å². The van der Waals surface area contributed by atoms with E-state index in [0.717, 1.165) is 11.1 Å². The molecule has 0 aliphatic heterocycles. The molecule has 0 unspecified atom stereocenters. The highest BCUT2D eigenvalue weighted by Crippen LogP contribution is 2.39. The molecule has 5 heteroatoms. The maximum atomic E-state index is 13.3. The molecule has 4 aromatic carbocycles. The zero-order valence-corrected chi connectivity index (χ0v) is 18.0. The number of hydrogen-bond acceptors (Lipinski definition) is 5. The van der Waals surface area contributed by atoms with E-state index in [9.17, 15) is 4.79 Å². The van der Waals surface area contributed by atoms with Gasteiger partial charge in [0.15, 0.2) is 17.3 Å². The topological polar surface area (TPSA) is 87.6 Å². The molecule has 0 aromatic heterocycles. The molecule has 4 N–H and O–H groups in total. The average molecular weight is 425 g/mol. The predicted octanol–water partition coefficient (Wildman–Crippen LogP) is 6.28. The van der Waals surface area contributed by atoms with E-state index >= 15 is 0 Å². The van der Waals surface area contributed by atoms with Crippen molar-refractivity contribution in [2.45, 2.75) is 13.8 Å². The fourth-order valence-corrected chi connectivity index (χ4v) is 3.29. The lowest BCUT2D eigenvalue weighted by atomic mass is 10.0. The third kappa shape index (κ3) is 4.42. The normalized spacial score (nSPS) is 10.6. The molecule has 0 atom stereocenters. The van der Waals surface area contributed by atoms with Crippen molar-refractivity contribution in [2.75, 3.05) is 11.5 Å². The summed E-state index contributed by atoms with van der Waals surface area (Å²) < 4.78 is 12.4. The van der Waals surface area contributed by atoms with Gasteiger partial charge < -0.3 is 20.9 Å². The number of para-hydroxylation sites is 1. The van der Waals surface area contributed by atoms with Crippen LogP contribution in [-0.2, 0) is 0 Å². The summed E-state index contributed by atoms with van der Waals surface area (Å²) in [6, 6.07) is 25.1. The number of aryl methyl sites for hydroxylation is 2. The molecule has 0 aliphatic rings. The molecular formula is C27H24N2O3. The van der Waals surface area contributed by atoms with Gasteiger partial charge >= 0.3 is 0 Å². The zero-order valence-electron chi connectivity index (χ0n) is 18.0. The second kappa shape index (κ2) is 8.86. The van der Waals surface area contributed by atoms with Gasteiger partial charge in [0, 0.05) is 16.9 Å². The van der Waals surface area contributed by atoms with Crippen LogP contribution in [0.1, 0.15) is 27.0 Å². The Morgan fingerprint density at radius 1 is 0.688 bits per heavy atom. The third-order valence-electron chi connectivity index (χ3n) is 5.19. The maximum Gasteiger partial charge on any atom is 0.196 e. The van der Waals surface area contributed by atoms with Crippen molar-refractivity contribution < 1.29 is 14.3 Å². The Kier molecular flexibility index (Phi) is 5.81.